The number of benzene rings is 1. The third kappa shape index (κ3) is 4.61. The van der Waals surface area contributed by atoms with Crippen molar-refractivity contribution in [2.45, 2.75) is 26.8 Å². The first-order valence-electron chi connectivity index (χ1n) is 9.44. The molecule has 0 bridgehead atoms. The molecule has 3 N–H and O–H groups in total. The van der Waals surface area contributed by atoms with Crippen molar-refractivity contribution in [1.29, 1.82) is 0 Å². The number of H-pyrrole nitrogens is 1. The molecule has 1 atom stereocenters. The second-order valence-corrected chi connectivity index (χ2v) is 7.29. The fourth-order valence-electron chi connectivity index (χ4n) is 3.46. The highest BCUT2D eigenvalue weighted by Gasteiger charge is 2.27. The number of nitrogens with zero attached hydrogens (tertiary/aromatic N) is 1. The predicted molar refractivity (Wildman–Crippen MR) is 103 cm³/mol. The third-order valence-electron chi connectivity index (χ3n) is 5.32. The van der Waals surface area contributed by atoms with E-state index in [1.807, 2.05) is 18.3 Å². The van der Waals surface area contributed by atoms with Gasteiger partial charge in [-0.2, -0.15) is 0 Å². The first kappa shape index (κ1) is 18.4. The maximum atomic E-state index is 12.4. The number of carbonyl (C=O) groups is 1. The van der Waals surface area contributed by atoms with Crippen LogP contribution in [-0.4, -0.2) is 38.6 Å². The molecular weight excluding hydrogens is 324 g/mol. The summed E-state index contributed by atoms with van der Waals surface area (Å²) in [6, 6.07) is 12.6. The monoisotopic (exact) mass is 354 g/mol. The number of nitrogens with one attached hydrogen (secondary N) is 3. The van der Waals surface area contributed by atoms with Crippen molar-refractivity contribution in [3.63, 3.8) is 0 Å². The first-order chi connectivity index (χ1) is 12.5. The van der Waals surface area contributed by atoms with Crippen molar-refractivity contribution in [1.82, 2.24) is 5.32 Å². The van der Waals surface area contributed by atoms with Gasteiger partial charge in [0.1, 0.15) is 26.2 Å². The van der Waals surface area contributed by atoms with Crippen molar-refractivity contribution in [2.24, 2.45) is 0 Å². The lowest BCUT2D eigenvalue weighted by molar-refractivity contribution is -0.892. The lowest BCUT2D eigenvalue weighted by Crippen LogP contribution is -3.16. The largest absolute Gasteiger partial charge is 0.345 e. The van der Waals surface area contributed by atoms with Crippen LogP contribution in [0.2, 0.25) is 0 Å². The predicted octanol–water partition coefficient (Wildman–Crippen LogP) is 0.700. The highest BCUT2D eigenvalue weighted by Crippen LogP contribution is 2.16. The van der Waals surface area contributed by atoms with Gasteiger partial charge in [0.05, 0.1) is 12.2 Å². The zero-order valence-electron chi connectivity index (χ0n) is 16.0. The van der Waals surface area contributed by atoms with Gasteiger partial charge in [0, 0.05) is 6.07 Å². The van der Waals surface area contributed by atoms with E-state index in [0.717, 1.165) is 32.0 Å². The van der Waals surface area contributed by atoms with Crippen LogP contribution in [0.5, 0.6) is 0 Å². The Morgan fingerprint density at radius 2 is 1.96 bits per heavy atom. The minimum Gasteiger partial charge on any atom is -0.345 e. The summed E-state index contributed by atoms with van der Waals surface area (Å²) in [5.74, 6) is 1.28. The summed E-state index contributed by atoms with van der Waals surface area (Å²) in [5, 5.41) is 3.15. The summed E-state index contributed by atoms with van der Waals surface area (Å²) in [7, 11) is 0. The van der Waals surface area contributed by atoms with Gasteiger partial charge in [-0.1, -0.05) is 24.3 Å². The SMILES string of the molecule is Cc1ccc([C@@H](C)NC(=O)C[NH+]2CCN(c3cccc[nH+]3)CC2)cc1C. The molecule has 138 valence electrons. The Labute approximate surface area is 156 Å². The number of hydrogen-bond acceptors (Lipinski definition) is 2. The van der Waals surface area contributed by atoms with Crippen LogP contribution in [0.4, 0.5) is 5.82 Å². The fraction of sp³-hybridized carbons (Fsp3) is 0.429. The normalized spacial score (nSPS) is 16.3. The third-order valence-corrected chi connectivity index (χ3v) is 5.32. The molecule has 5 nitrogen and oxygen atoms in total. The van der Waals surface area contributed by atoms with Crippen LogP contribution < -0.4 is 20.1 Å². The van der Waals surface area contributed by atoms with E-state index in [2.05, 4.69) is 60.2 Å². The van der Waals surface area contributed by atoms with Crippen molar-refractivity contribution in [3.05, 3.63) is 59.3 Å². The Morgan fingerprint density at radius 3 is 2.62 bits per heavy atom. The van der Waals surface area contributed by atoms with Crippen LogP contribution in [0.1, 0.15) is 29.7 Å². The highest BCUT2D eigenvalue weighted by molar-refractivity contribution is 5.77. The van der Waals surface area contributed by atoms with Gasteiger partial charge in [-0.3, -0.25) is 9.69 Å². The zero-order valence-corrected chi connectivity index (χ0v) is 16.0. The van der Waals surface area contributed by atoms with Gasteiger partial charge in [-0.15, -0.1) is 0 Å². The van der Waals surface area contributed by atoms with Crippen molar-refractivity contribution in [3.8, 4) is 0 Å². The first-order valence-corrected chi connectivity index (χ1v) is 9.44. The topological polar surface area (TPSA) is 50.9 Å². The molecule has 0 aliphatic carbocycles. The number of quaternary nitrogens is 1. The second kappa shape index (κ2) is 8.32. The Hall–Kier alpha value is -2.40. The van der Waals surface area contributed by atoms with Crippen LogP contribution >= 0.6 is 0 Å². The van der Waals surface area contributed by atoms with Crippen molar-refractivity contribution >= 4 is 11.7 Å². The van der Waals surface area contributed by atoms with Gasteiger partial charge in [0.2, 0.25) is 0 Å². The quantitative estimate of drug-likeness (QED) is 0.831. The number of rotatable bonds is 5. The summed E-state index contributed by atoms with van der Waals surface area (Å²) in [5.41, 5.74) is 3.72. The second-order valence-electron chi connectivity index (χ2n) is 7.29. The van der Waals surface area contributed by atoms with Gasteiger partial charge in [0.25, 0.3) is 11.7 Å². The molecule has 5 heteroatoms. The van der Waals surface area contributed by atoms with Crippen molar-refractivity contribution in [2.75, 3.05) is 37.6 Å². The lowest BCUT2D eigenvalue weighted by atomic mass is 10.0. The molecule has 2 aromatic rings. The summed E-state index contributed by atoms with van der Waals surface area (Å²) < 4.78 is 0. The number of hydrogen-bond donors (Lipinski definition) is 2. The van der Waals surface area contributed by atoms with E-state index in [9.17, 15) is 4.79 Å². The molecule has 1 aromatic carbocycles. The van der Waals surface area contributed by atoms with E-state index in [1.165, 1.54) is 21.6 Å². The van der Waals surface area contributed by atoms with Gasteiger partial charge >= 0.3 is 0 Å². The Balaban J connectivity index is 1.47. The van der Waals surface area contributed by atoms with Crippen molar-refractivity contribution < 1.29 is 14.7 Å². The van der Waals surface area contributed by atoms with E-state index in [4.69, 9.17) is 0 Å². The van der Waals surface area contributed by atoms with E-state index in [-0.39, 0.29) is 11.9 Å². The minimum absolute atomic E-state index is 0.0430. The summed E-state index contributed by atoms with van der Waals surface area (Å²) >= 11 is 0. The van der Waals surface area contributed by atoms with Crippen LogP contribution in [0, 0.1) is 13.8 Å². The van der Waals surface area contributed by atoms with Crippen LogP contribution in [-0.2, 0) is 4.79 Å². The van der Waals surface area contributed by atoms with Crippen LogP contribution in [0.15, 0.2) is 42.6 Å². The molecular formula is C21H30N4O+2. The smallest absolute Gasteiger partial charge is 0.275 e. The summed E-state index contributed by atoms with van der Waals surface area (Å²) in [4.78, 5) is 19.4. The van der Waals surface area contributed by atoms with Gasteiger partial charge in [-0.25, -0.2) is 4.98 Å². The van der Waals surface area contributed by atoms with Crippen LogP contribution in [0.25, 0.3) is 0 Å². The average Bonchev–Trinajstić information content (AvgIpc) is 2.65. The molecule has 1 saturated heterocycles. The molecule has 2 heterocycles. The van der Waals surface area contributed by atoms with E-state index >= 15 is 0 Å². The molecule has 0 spiro atoms. The molecule has 0 saturated carbocycles. The standard InChI is InChI=1S/C21H28N4O/c1-16-7-8-19(14-17(16)2)18(3)23-21(26)15-24-10-12-25(13-11-24)20-6-4-5-9-22-20/h4-9,14,18H,10-13,15H2,1-3H3,(H,23,26)/p+2/t18-/m1/s1. The molecule has 1 fully saturated rings. The maximum Gasteiger partial charge on any atom is 0.275 e. The summed E-state index contributed by atoms with van der Waals surface area (Å²) in [6.45, 7) is 10.7. The number of carbonyl (C=O) groups excluding carboxylic acids is 1. The van der Waals surface area contributed by atoms with Crippen LogP contribution in [0.3, 0.4) is 0 Å². The molecule has 1 aromatic heterocycles. The molecule has 1 aliphatic rings. The molecule has 1 amide bonds. The Bertz CT molecular complexity index is 739. The number of aromatic nitrogens is 1. The molecule has 0 unspecified atom stereocenters. The van der Waals surface area contributed by atoms with Gasteiger partial charge < -0.3 is 10.2 Å². The molecule has 3 rings (SSSR count). The number of aromatic amines is 1. The fourth-order valence-corrected chi connectivity index (χ4v) is 3.46. The number of amides is 1. The Morgan fingerprint density at radius 1 is 1.19 bits per heavy atom. The van der Waals surface area contributed by atoms with E-state index < -0.39 is 0 Å². The highest BCUT2D eigenvalue weighted by atomic mass is 16.2. The average molecular weight is 354 g/mol. The number of pyridine rings is 1. The van der Waals surface area contributed by atoms with E-state index in [1.54, 1.807) is 0 Å². The number of aryl methyl sites for hydroxylation is 2. The molecule has 26 heavy (non-hydrogen) atoms. The number of piperazine rings is 1. The molecule has 0 radical (unpaired) electrons. The maximum absolute atomic E-state index is 12.4. The zero-order chi connectivity index (χ0) is 18.5. The summed E-state index contributed by atoms with van der Waals surface area (Å²) in [6.07, 6.45) is 1.95. The minimum atomic E-state index is 0.0430. The van der Waals surface area contributed by atoms with Gasteiger partial charge in [0.15, 0.2) is 6.54 Å². The Kier molecular flexibility index (Phi) is 5.89. The lowest BCUT2D eigenvalue weighted by Gasteiger charge is -2.28. The van der Waals surface area contributed by atoms with E-state index in [0.29, 0.717) is 6.54 Å². The molecule has 1 aliphatic heterocycles. The number of anilines is 1. The van der Waals surface area contributed by atoms with Gasteiger partial charge in [-0.05, 0) is 43.5 Å².